The maximum absolute atomic E-state index is 6.32. The summed E-state index contributed by atoms with van der Waals surface area (Å²) in [5.74, 6) is 0. The Hall–Kier alpha value is -1.45. The molecule has 2 aromatic rings. The molecule has 18 heavy (non-hydrogen) atoms. The molecule has 3 heteroatoms. The first-order chi connectivity index (χ1) is 8.77. The van der Waals surface area contributed by atoms with Gasteiger partial charge in [-0.3, -0.25) is 9.88 Å². The molecule has 1 aliphatic rings. The number of nitrogens with two attached hydrogens (primary N) is 1. The maximum Gasteiger partial charge on any atom is 0.0750 e. The lowest BCUT2D eigenvalue weighted by Gasteiger charge is -2.37. The van der Waals surface area contributed by atoms with Crippen molar-refractivity contribution in [3.05, 3.63) is 42.1 Å². The van der Waals surface area contributed by atoms with Gasteiger partial charge in [0.15, 0.2) is 0 Å². The zero-order valence-corrected chi connectivity index (χ0v) is 10.7. The van der Waals surface area contributed by atoms with Gasteiger partial charge < -0.3 is 5.73 Å². The van der Waals surface area contributed by atoms with E-state index in [-0.39, 0.29) is 12.1 Å². The molecule has 0 bridgehead atoms. The number of para-hydroxylation sites is 1. The number of likely N-dealkylation sites (tertiary alicyclic amines) is 1. The number of nitrogens with zero attached hydrogens (tertiary/aromatic N) is 2. The Labute approximate surface area is 108 Å². The molecule has 3 nitrogen and oxygen atoms in total. The second-order valence-corrected chi connectivity index (χ2v) is 5.15. The van der Waals surface area contributed by atoms with Crippen molar-refractivity contribution in [1.29, 1.82) is 0 Å². The molecule has 1 saturated heterocycles. The maximum atomic E-state index is 6.32. The molecular formula is C15H19N3. The highest BCUT2D eigenvalue weighted by atomic mass is 15.2. The van der Waals surface area contributed by atoms with E-state index in [2.05, 4.69) is 41.2 Å². The van der Waals surface area contributed by atoms with Crippen LogP contribution >= 0.6 is 0 Å². The van der Waals surface area contributed by atoms with Crippen molar-refractivity contribution in [2.24, 2.45) is 5.73 Å². The number of hydrogen-bond acceptors (Lipinski definition) is 3. The number of aromatic nitrogens is 1. The largest absolute Gasteiger partial charge is 0.326 e. The molecule has 2 N–H and O–H groups in total. The fourth-order valence-electron chi connectivity index (χ4n) is 3.03. The van der Waals surface area contributed by atoms with Crippen LogP contribution < -0.4 is 5.73 Å². The van der Waals surface area contributed by atoms with Gasteiger partial charge in [0, 0.05) is 17.6 Å². The van der Waals surface area contributed by atoms with E-state index in [4.69, 9.17) is 5.73 Å². The number of likely N-dealkylation sites (N-methyl/N-ethyl adjacent to an activating group) is 1. The van der Waals surface area contributed by atoms with Gasteiger partial charge in [-0.25, -0.2) is 0 Å². The molecule has 1 aromatic carbocycles. The Morgan fingerprint density at radius 3 is 2.94 bits per heavy atom. The van der Waals surface area contributed by atoms with Crippen molar-refractivity contribution in [1.82, 2.24) is 9.88 Å². The smallest absolute Gasteiger partial charge is 0.0750 e. The number of pyridine rings is 1. The first-order valence-electron chi connectivity index (χ1n) is 6.57. The molecule has 0 aliphatic carbocycles. The third-order valence-electron chi connectivity index (χ3n) is 3.91. The van der Waals surface area contributed by atoms with E-state index in [1.165, 1.54) is 17.4 Å². The molecule has 2 heterocycles. The summed E-state index contributed by atoms with van der Waals surface area (Å²) in [7, 11) is 2.16. The fourth-order valence-corrected chi connectivity index (χ4v) is 3.03. The topological polar surface area (TPSA) is 42.1 Å². The van der Waals surface area contributed by atoms with E-state index >= 15 is 0 Å². The summed E-state index contributed by atoms with van der Waals surface area (Å²) in [6.45, 7) is 1.11. The minimum absolute atomic E-state index is 0.205. The lowest BCUT2D eigenvalue weighted by atomic mass is 9.90. The van der Waals surface area contributed by atoms with Crippen LogP contribution in [0.15, 0.2) is 36.5 Å². The molecule has 0 saturated carbocycles. The highest BCUT2D eigenvalue weighted by molar-refractivity contribution is 5.82. The quantitative estimate of drug-likeness (QED) is 0.833. The van der Waals surface area contributed by atoms with Crippen LogP contribution in [0.4, 0.5) is 0 Å². The van der Waals surface area contributed by atoms with Gasteiger partial charge in [0.25, 0.3) is 0 Å². The zero-order valence-electron chi connectivity index (χ0n) is 10.7. The molecular weight excluding hydrogens is 222 g/mol. The third-order valence-corrected chi connectivity index (χ3v) is 3.91. The lowest BCUT2D eigenvalue weighted by Crippen LogP contribution is -2.43. The van der Waals surface area contributed by atoms with E-state index < -0.39 is 0 Å². The number of fused-ring (bicyclic) bond motifs is 1. The number of piperidine rings is 1. The van der Waals surface area contributed by atoms with Crippen LogP contribution in [0, 0.1) is 0 Å². The highest BCUT2D eigenvalue weighted by Crippen LogP contribution is 2.32. The Morgan fingerprint density at radius 2 is 2.11 bits per heavy atom. The van der Waals surface area contributed by atoms with E-state index in [0.717, 1.165) is 18.5 Å². The van der Waals surface area contributed by atoms with Crippen molar-refractivity contribution < 1.29 is 0 Å². The Balaban J connectivity index is 2.13. The van der Waals surface area contributed by atoms with E-state index in [1.807, 2.05) is 12.3 Å². The van der Waals surface area contributed by atoms with E-state index in [9.17, 15) is 0 Å². The minimum atomic E-state index is 0.205. The highest BCUT2D eigenvalue weighted by Gasteiger charge is 2.29. The second-order valence-electron chi connectivity index (χ2n) is 5.15. The van der Waals surface area contributed by atoms with Crippen LogP contribution in [0.5, 0.6) is 0 Å². The minimum Gasteiger partial charge on any atom is -0.326 e. The normalized spacial score (nSPS) is 25.4. The summed E-state index contributed by atoms with van der Waals surface area (Å²) in [6.07, 6.45) is 4.14. The molecule has 0 amide bonds. The molecule has 1 aliphatic heterocycles. The van der Waals surface area contributed by atoms with Gasteiger partial charge in [0.2, 0.25) is 0 Å². The van der Waals surface area contributed by atoms with Crippen molar-refractivity contribution in [3.8, 4) is 0 Å². The predicted octanol–water partition coefficient (Wildman–Crippen LogP) is 2.33. The molecule has 0 spiro atoms. The number of hydrogen-bond donors (Lipinski definition) is 1. The van der Waals surface area contributed by atoms with Gasteiger partial charge in [0.1, 0.15) is 0 Å². The molecule has 1 fully saturated rings. The Morgan fingerprint density at radius 1 is 1.28 bits per heavy atom. The third kappa shape index (κ3) is 1.89. The van der Waals surface area contributed by atoms with Crippen LogP contribution in [0.2, 0.25) is 0 Å². The molecule has 0 radical (unpaired) electrons. The summed E-state index contributed by atoms with van der Waals surface area (Å²) in [5.41, 5.74) is 8.68. The SMILES string of the molecule is CN1CCCC(N)C1c1cccc2cccnc12. The Kier molecular flexibility index (Phi) is 3.02. The van der Waals surface area contributed by atoms with Crippen molar-refractivity contribution >= 4 is 10.9 Å². The van der Waals surface area contributed by atoms with Gasteiger partial charge in [-0.2, -0.15) is 0 Å². The van der Waals surface area contributed by atoms with Gasteiger partial charge in [-0.1, -0.05) is 24.3 Å². The van der Waals surface area contributed by atoms with Gasteiger partial charge in [0.05, 0.1) is 11.6 Å². The fraction of sp³-hybridized carbons (Fsp3) is 0.400. The van der Waals surface area contributed by atoms with Crippen LogP contribution in [0.1, 0.15) is 24.4 Å². The van der Waals surface area contributed by atoms with Crippen LogP contribution in [-0.4, -0.2) is 29.5 Å². The Bertz CT molecular complexity index is 537. The number of rotatable bonds is 1. The summed E-state index contributed by atoms with van der Waals surface area (Å²) in [5, 5.41) is 1.20. The molecule has 3 rings (SSSR count). The van der Waals surface area contributed by atoms with Gasteiger partial charge >= 0.3 is 0 Å². The zero-order chi connectivity index (χ0) is 12.5. The number of benzene rings is 1. The van der Waals surface area contributed by atoms with E-state index in [1.54, 1.807) is 0 Å². The monoisotopic (exact) mass is 241 g/mol. The second kappa shape index (κ2) is 4.67. The lowest BCUT2D eigenvalue weighted by molar-refractivity contribution is 0.164. The van der Waals surface area contributed by atoms with Crippen LogP contribution in [0.25, 0.3) is 10.9 Å². The first-order valence-corrected chi connectivity index (χ1v) is 6.57. The molecule has 1 aromatic heterocycles. The van der Waals surface area contributed by atoms with Gasteiger partial charge in [-0.15, -0.1) is 0 Å². The standard InChI is InChI=1S/C15H19N3/c1-18-10-4-8-13(16)15(18)12-7-2-5-11-6-3-9-17-14(11)12/h2-3,5-7,9,13,15H,4,8,10,16H2,1H3. The summed E-state index contributed by atoms with van der Waals surface area (Å²) in [6, 6.07) is 11.0. The van der Waals surface area contributed by atoms with E-state index in [0.29, 0.717) is 0 Å². The molecule has 2 unspecified atom stereocenters. The molecule has 2 atom stereocenters. The first kappa shape index (κ1) is 11.6. The predicted molar refractivity (Wildman–Crippen MR) is 74.3 cm³/mol. The van der Waals surface area contributed by atoms with Crippen molar-refractivity contribution in [3.63, 3.8) is 0 Å². The van der Waals surface area contributed by atoms with Crippen LogP contribution in [-0.2, 0) is 0 Å². The van der Waals surface area contributed by atoms with Crippen molar-refractivity contribution in [2.45, 2.75) is 24.9 Å². The molecule has 94 valence electrons. The summed E-state index contributed by atoms with van der Waals surface area (Å²) < 4.78 is 0. The van der Waals surface area contributed by atoms with Crippen molar-refractivity contribution in [2.75, 3.05) is 13.6 Å². The average molecular weight is 241 g/mol. The van der Waals surface area contributed by atoms with Crippen LogP contribution in [0.3, 0.4) is 0 Å². The van der Waals surface area contributed by atoms with Gasteiger partial charge in [-0.05, 0) is 38.1 Å². The summed E-state index contributed by atoms with van der Waals surface area (Å²) >= 11 is 0. The summed E-state index contributed by atoms with van der Waals surface area (Å²) in [4.78, 5) is 6.90. The average Bonchev–Trinajstić information content (AvgIpc) is 2.39.